The Hall–Kier alpha value is -2.40. The summed E-state index contributed by atoms with van der Waals surface area (Å²) in [6, 6.07) is 6.16. The Morgan fingerprint density at radius 2 is 1.88 bits per heavy atom. The molecule has 0 bridgehead atoms. The predicted octanol–water partition coefficient (Wildman–Crippen LogP) is 3.01. The van der Waals surface area contributed by atoms with E-state index in [1.54, 1.807) is 6.92 Å². The lowest BCUT2D eigenvalue weighted by Gasteiger charge is -2.26. The number of carbonyl (C=O) groups excluding carboxylic acids is 1. The van der Waals surface area contributed by atoms with Crippen LogP contribution in [0.5, 0.6) is 11.5 Å². The molecule has 1 aliphatic heterocycles. The van der Waals surface area contributed by atoms with Crippen molar-refractivity contribution in [3.05, 3.63) is 52.3 Å². The molecule has 11 heteroatoms. The molecule has 2 aromatic rings. The van der Waals surface area contributed by atoms with Crippen LogP contribution in [0, 0.1) is 5.82 Å². The van der Waals surface area contributed by atoms with Gasteiger partial charge in [0.15, 0.2) is 11.5 Å². The number of carbonyl (C=O) groups is 1. The summed E-state index contributed by atoms with van der Waals surface area (Å²) >= 11 is 5.84. The standard InChI is InChI=1S/C21H24ClFN2O6S/c1-13(14-4-5-18(23)17(22)10-14)24-21(26)16-11-15(12-19(29-2)20(16)30-3)32(27,28)25-6-8-31-9-7-25/h4-5,10-13H,6-9H2,1-3H3,(H,24,26). The number of amides is 1. The zero-order valence-corrected chi connectivity index (χ0v) is 19.4. The van der Waals surface area contributed by atoms with Crippen LogP contribution in [-0.2, 0) is 14.8 Å². The number of hydrogen-bond donors (Lipinski definition) is 1. The highest BCUT2D eigenvalue weighted by atomic mass is 35.5. The minimum absolute atomic E-state index is 0.0151. The van der Waals surface area contributed by atoms with Crippen LogP contribution in [0.25, 0.3) is 0 Å². The molecule has 0 aliphatic carbocycles. The van der Waals surface area contributed by atoms with Crippen molar-refractivity contribution >= 4 is 27.5 Å². The molecule has 1 unspecified atom stereocenters. The van der Waals surface area contributed by atoms with E-state index in [0.717, 1.165) is 0 Å². The van der Waals surface area contributed by atoms with Crippen molar-refractivity contribution in [2.24, 2.45) is 0 Å². The summed E-state index contributed by atoms with van der Waals surface area (Å²) < 4.78 is 56.9. The van der Waals surface area contributed by atoms with E-state index in [9.17, 15) is 17.6 Å². The second-order valence-corrected chi connectivity index (χ2v) is 9.44. The monoisotopic (exact) mass is 486 g/mol. The topological polar surface area (TPSA) is 94.2 Å². The number of hydrogen-bond acceptors (Lipinski definition) is 6. The molecule has 1 aliphatic rings. The number of benzene rings is 2. The molecule has 0 spiro atoms. The number of rotatable bonds is 7. The Labute approximate surface area is 191 Å². The average molecular weight is 487 g/mol. The minimum Gasteiger partial charge on any atom is -0.493 e. The maximum Gasteiger partial charge on any atom is 0.255 e. The van der Waals surface area contributed by atoms with Crippen LogP contribution in [0.4, 0.5) is 4.39 Å². The largest absolute Gasteiger partial charge is 0.493 e. The highest BCUT2D eigenvalue weighted by Crippen LogP contribution is 2.35. The summed E-state index contributed by atoms with van der Waals surface area (Å²) in [5, 5.41) is 2.69. The Balaban J connectivity index is 1.97. The van der Waals surface area contributed by atoms with Crippen LogP contribution < -0.4 is 14.8 Å². The highest BCUT2D eigenvalue weighted by molar-refractivity contribution is 7.89. The first-order valence-corrected chi connectivity index (χ1v) is 11.6. The molecular formula is C21H24ClFN2O6S. The second-order valence-electron chi connectivity index (χ2n) is 7.09. The van der Waals surface area contributed by atoms with Crippen molar-refractivity contribution in [1.29, 1.82) is 0 Å². The van der Waals surface area contributed by atoms with Crippen LogP contribution in [0.3, 0.4) is 0 Å². The van der Waals surface area contributed by atoms with Gasteiger partial charge in [-0.1, -0.05) is 17.7 Å². The van der Waals surface area contributed by atoms with Gasteiger partial charge in [0.05, 0.1) is 49.0 Å². The number of sulfonamides is 1. The van der Waals surface area contributed by atoms with Gasteiger partial charge in [-0.2, -0.15) is 4.31 Å². The third-order valence-corrected chi connectivity index (χ3v) is 7.26. The second kappa shape index (κ2) is 10.0. The van der Waals surface area contributed by atoms with Crippen LogP contribution in [-0.4, -0.2) is 59.2 Å². The van der Waals surface area contributed by atoms with Gasteiger partial charge in [-0.3, -0.25) is 4.79 Å². The molecular weight excluding hydrogens is 463 g/mol. The zero-order chi connectivity index (χ0) is 23.5. The number of methoxy groups -OCH3 is 2. The van der Waals surface area contributed by atoms with Gasteiger partial charge in [0.2, 0.25) is 10.0 Å². The number of nitrogens with one attached hydrogen (secondary N) is 1. The molecule has 0 aromatic heterocycles. The third-order valence-electron chi connectivity index (χ3n) is 5.10. The van der Waals surface area contributed by atoms with E-state index in [-0.39, 0.29) is 53.3 Å². The smallest absolute Gasteiger partial charge is 0.255 e. The van der Waals surface area contributed by atoms with Crippen molar-refractivity contribution in [3.8, 4) is 11.5 Å². The molecule has 8 nitrogen and oxygen atoms in total. The summed E-state index contributed by atoms with van der Waals surface area (Å²) in [7, 11) is -1.18. The fraction of sp³-hybridized carbons (Fsp3) is 0.381. The van der Waals surface area contributed by atoms with Gasteiger partial charge in [0.1, 0.15) is 5.82 Å². The first-order valence-electron chi connectivity index (χ1n) is 9.78. The molecule has 1 heterocycles. The lowest BCUT2D eigenvalue weighted by atomic mass is 10.1. The van der Waals surface area contributed by atoms with Crippen molar-refractivity contribution in [2.75, 3.05) is 40.5 Å². The van der Waals surface area contributed by atoms with E-state index in [0.29, 0.717) is 5.56 Å². The van der Waals surface area contributed by atoms with Gasteiger partial charge in [-0.05, 0) is 30.7 Å². The zero-order valence-electron chi connectivity index (χ0n) is 17.9. The molecule has 1 saturated heterocycles. The Morgan fingerprint density at radius 1 is 1.19 bits per heavy atom. The fourth-order valence-electron chi connectivity index (χ4n) is 3.33. The van der Waals surface area contributed by atoms with Crippen LogP contribution in [0.2, 0.25) is 5.02 Å². The van der Waals surface area contributed by atoms with Crippen molar-refractivity contribution < 1.29 is 31.8 Å². The van der Waals surface area contributed by atoms with Crippen LogP contribution >= 0.6 is 11.6 Å². The SMILES string of the molecule is COc1cc(S(=O)(=O)N2CCOCC2)cc(C(=O)NC(C)c2ccc(F)c(Cl)c2)c1OC. The van der Waals surface area contributed by atoms with Crippen LogP contribution in [0.15, 0.2) is 35.2 Å². The number of halogens is 2. The van der Waals surface area contributed by atoms with Gasteiger partial charge in [0.25, 0.3) is 5.91 Å². The van der Waals surface area contributed by atoms with Crippen molar-refractivity contribution in [1.82, 2.24) is 9.62 Å². The molecule has 3 rings (SSSR count). The first kappa shape index (κ1) is 24.2. The van der Waals surface area contributed by atoms with E-state index in [1.807, 2.05) is 0 Å². The normalized spacial score (nSPS) is 15.8. The van der Waals surface area contributed by atoms with E-state index in [1.165, 1.54) is 48.9 Å². The van der Waals surface area contributed by atoms with Gasteiger partial charge < -0.3 is 19.5 Å². The molecule has 0 saturated carbocycles. The van der Waals surface area contributed by atoms with E-state index in [2.05, 4.69) is 5.32 Å². The molecule has 1 atom stereocenters. The van der Waals surface area contributed by atoms with Gasteiger partial charge in [-0.25, -0.2) is 12.8 Å². The number of morpholine rings is 1. The van der Waals surface area contributed by atoms with E-state index >= 15 is 0 Å². The van der Waals surface area contributed by atoms with Gasteiger partial charge in [-0.15, -0.1) is 0 Å². The molecule has 1 N–H and O–H groups in total. The molecule has 2 aromatic carbocycles. The first-order chi connectivity index (χ1) is 15.2. The number of nitrogens with zero attached hydrogens (tertiary/aromatic N) is 1. The quantitative estimate of drug-likeness (QED) is 0.646. The van der Waals surface area contributed by atoms with E-state index in [4.69, 9.17) is 25.8 Å². The lowest BCUT2D eigenvalue weighted by molar-refractivity contribution is 0.0730. The minimum atomic E-state index is -3.89. The molecule has 174 valence electrons. The third kappa shape index (κ3) is 4.98. The lowest BCUT2D eigenvalue weighted by Crippen LogP contribution is -2.40. The summed E-state index contributed by atoms with van der Waals surface area (Å²) in [5.41, 5.74) is 0.562. The summed E-state index contributed by atoms with van der Waals surface area (Å²) in [4.78, 5) is 13.0. The maximum absolute atomic E-state index is 13.5. The van der Waals surface area contributed by atoms with Crippen molar-refractivity contribution in [3.63, 3.8) is 0 Å². The molecule has 0 radical (unpaired) electrons. The maximum atomic E-state index is 13.5. The van der Waals surface area contributed by atoms with Crippen molar-refractivity contribution in [2.45, 2.75) is 17.9 Å². The summed E-state index contributed by atoms with van der Waals surface area (Å²) in [6.07, 6.45) is 0. The van der Waals surface area contributed by atoms with E-state index < -0.39 is 27.8 Å². The van der Waals surface area contributed by atoms with Crippen LogP contribution in [0.1, 0.15) is 28.9 Å². The highest BCUT2D eigenvalue weighted by Gasteiger charge is 2.30. The van der Waals surface area contributed by atoms with Gasteiger partial charge in [0, 0.05) is 19.2 Å². The summed E-state index contributed by atoms with van der Waals surface area (Å²) in [6.45, 7) is 2.69. The fourth-order valence-corrected chi connectivity index (χ4v) is 4.97. The Morgan fingerprint density at radius 3 is 2.47 bits per heavy atom. The summed E-state index contributed by atoms with van der Waals surface area (Å²) in [5.74, 6) is -0.965. The number of ether oxygens (including phenoxy) is 3. The average Bonchev–Trinajstić information content (AvgIpc) is 2.80. The molecule has 1 fully saturated rings. The Bertz CT molecular complexity index is 1110. The van der Waals surface area contributed by atoms with Gasteiger partial charge >= 0.3 is 0 Å². The molecule has 32 heavy (non-hydrogen) atoms. The molecule has 1 amide bonds. The Kier molecular flexibility index (Phi) is 7.60. The predicted molar refractivity (Wildman–Crippen MR) is 116 cm³/mol.